The highest BCUT2D eigenvalue weighted by molar-refractivity contribution is 7.22. The topological polar surface area (TPSA) is 98.2 Å². The van der Waals surface area contributed by atoms with Crippen molar-refractivity contribution in [1.82, 2.24) is 4.98 Å². The van der Waals surface area contributed by atoms with Crippen LogP contribution >= 0.6 is 11.3 Å². The van der Waals surface area contributed by atoms with Crippen molar-refractivity contribution in [2.24, 2.45) is 0 Å². The van der Waals surface area contributed by atoms with Crippen LogP contribution in [-0.4, -0.2) is 42.1 Å². The molecule has 1 saturated heterocycles. The van der Waals surface area contributed by atoms with E-state index < -0.39 is 17.7 Å². The quantitative estimate of drug-likeness (QED) is 0.164. The predicted molar refractivity (Wildman–Crippen MR) is 151 cm³/mol. The highest BCUT2D eigenvalue weighted by Gasteiger charge is 2.48. The van der Waals surface area contributed by atoms with E-state index in [9.17, 15) is 14.7 Å². The number of aliphatic hydroxyl groups is 1. The fourth-order valence-electron chi connectivity index (χ4n) is 4.59. The Labute approximate surface area is 230 Å². The summed E-state index contributed by atoms with van der Waals surface area (Å²) in [5, 5.41) is 11.7. The molecule has 1 unspecified atom stereocenters. The van der Waals surface area contributed by atoms with Crippen LogP contribution in [-0.2, 0) is 9.59 Å². The summed E-state index contributed by atoms with van der Waals surface area (Å²) in [7, 11) is 1.52. The predicted octanol–water partition coefficient (Wildman–Crippen LogP) is 6.04. The maximum absolute atomic E-state index is 13.6. The van der Waals surface area contributed by atoms with Crippen molar-refractivity contribution in [2.75, 3.05) is 25.2 Å². The summed E-state index contributed by atoms with van der Waals surface area (Å²) in [6.45, 7) is 6.66. The smallest absolute Gasteiger partial charge is 0.301 e. The minimum atomic E-state index is -0.942. The van der Waals surface area contributed by atoms with Gasteiger partial charge in [0, 0.05) is 5.56 Å². The fraction of sp³-hybridized carbons (Fsp3) is 0.233. The number of hydrogen-bond donors (Lipinski definition) is 1. The Bertz CT molecular complexity index is 1590. The van der Waals surface area contributed by atoms with Gasteiger partial charge in [-0.3, -0.25) is 14.5 Å². The summed E-state index contributed by atoms with van der Waals surface area (Å²) in [6.07, 6.45) is 0. The lowest BCUT2D eigenvalue weighted by molar-refractivity contribution is -0.132. The van der Waals surface area contributed by atoms with E-state index >= 15 is 0 Å². The lowest BCUT2D eigenvalue weighted by Gasteiger charge is -2.24. The number of aryl methyl sites for hydroxylation is 1. The van der Waals surface area contributed by atoms with Crippen LogP contribution in [0.1, 0.15) is 36.6 Å². The molecule has 0 spiro atoms. The Morgan fingerprint density at radius 1 is 0.974 bits per heavy atom. The van der Waals surface area contributed by atoms with Crippen LogP contribution in [0.25, 0.3) is 16.0 Å². The fourth-order valence-corrected chi connectivity index (χ4v) is 5.61. The van der Waals surface area contributed by atoms with Crippen molar-refractivity contribution in [1.29, 1.82) is 0 Å². The molecule has 1 aliphatic rings. The molecule has 0 bridgehead atoms. The molecule has 1 aliphatic heterocycles. The van der Waals surface area contributed by atoms with Gasteiger partial charge in [-0.1, -0.05) is 47.2 Å². The third-order valence-corrected chi connectivity index (χ3v) is 7.46. The van der Waals surface area contributed by atoms with Crippen LogP contribution in [0.3, 0.4) is 0 Å². The summed E-state index contributed by atoms with van der Waals surface area (Å²) in [6, 6.07) is 16.9. The Morgan fingerprint density at radius 2 is 1.72 bits per heavy atom. The van der Waals surface area contributed by atoms with Crippen LogP contribution in [0.15, 0.2) is 66.2 Å². The van der Waals surface area contributed by atoms with Crippen LogP contribution in [0.2, 0.25) is 0 Å². The largest absolute Gasteiger partial charge is 0.507 e. The van der Waals surface area contributed by atoms with E-state index in [0.29, 0.717) is 52.2 Å². The summed E-state index contributed by atoms with van der Waals surface area (Å²) < 4.78 is 17.6. The number of ether oxygens (including phenoxy) is 3. The molecule has 2 heterocycles. The zero-order valence-electron chi connectivity index (χ0n) is 22.1. The summed E-state index contributed by atoms with van der Waals surface area (Å²) in [5.74, 6) is -0.155. The third-order valence-electron chi connectivity index (χ3n) is 6.44. The van der Waals surface area contributed by atoms with Crippen molar-refractivity contribution in [3.05, 3.63) is 82.9 Å². The summed E-state index contributed by atoms with van der Waals surface area (Å²) in [5.41, 5.74) is 2.65. The molecule has 1 amide bonds. The first kappa shape index (κ1) is 26.2. The van der Waals surface area contributed by atoms with Gasteiger partial charge in [-0.05, 0) is 56.7 Å². The number of fused-ring (bicyclic) bond motifs is 1. The van der Waals surface area contributed by atoms with Crippen molar-refractivity contribution in [3.8, 4) is 17.2 Å². The van der Waals surface area contributed by atoms with E-state index in [1.165, 1.54) is 23.3 Å². The number of methoxy groups -OCH3 is 1. The Hall–Kier alpha value is -4.37. The Balaban J connectivity index is 1.71. The van der Waals surface area contributed by atoms with Crippen molar-refractivity contribution in [2.45, 2.75) is 26.8 Å². The number of thiazole rings is 1. The highest BCUT2D eigenvalue weighted by Crippen LogP contribution is 2.46. The monoisotopic (exact) mass is 544 g/mol. The van der Waals surface area contributed by atoms with E-state index in [0.717, 1.165) is 10.3 Å². The van der Waals surface area contributed by atoms with E-state index in [1.807, 2.05) is 51.1 Å². The molecular formula is C30H28N2O6S. The van der Waals surface area contributed by atoms with E-state index in [1.54, 1.807) is 30.3 Å². The lowest BCUT2D eigenvalue weighted by atomic mass is 9.95. The number of hydrogen-bond acceptors (Lipinski definition) is 8. The number of rotatable bonds is 8. The lowest BCUT2D eigenvalue weighted by Crippen LogP contribution is -2.29. The SMILES string of the molecule is CCOc1ccc2nc(N3C(=O)C(=O)C(=C(O)c4ccc(C)cc4)C3c3ccc(OCC)c(OC)c3)sc2c1. The van der Waals surface area contributed by atoms with Gasteiger partial charge in [0.1, 0.15) is 11.5 Å². The van der Waals surface area contributed by atoms with Crippen LogP contribution in [0.5, 0.6) is 17.2 Å². The van der Waals surface area contributed by atoms with Gasteiger partial charge in [0.25, 0.3) is 5.78 Å². The molecule has 3 aromatic carbocycles. The molecular weight excluding hydrogens is 516 g/mol. The third kappa shape index (κ3) is 4.81. The van der Waals surface area contributed by atoms with Crippen LogP contribution in [0.4, 0.5) is 5.13 Å². The molecule has 1 aromatic heterocycles. The molecule has 200 valence electrons. The standard InChI is InChI=1S/C30H28N2O6S/c1-5-37-20-12-13-21-24(16-20)39-30(31-21)32-26(19-11-14-22(38-6-2)23(15-19)36-4)25(28(34)29(32)35)27(33)18-9-7-17(3)8-10-18/h7-16,26,33H,5-6H2,1-4H3. The summed E-state index contributed by atoms with van der Waals surface area (Å²) >= 11 is 1.27. The maximum Gasteiger partial charge on any atom is 0.301 e. The van der Waals surface area contributed by atoms with Gasteiger partial charge in [-0.15, -0.1) is 0 Å². The number of benzene rings is 3. The highest BCUT2D eigenvalue weighted by atomic mass is 32.1. The van der Waals surface area contributed by atoms with Crippen LogP contribution < -0.4 is 19.1 Å². The van der Waals surface area contributed by atoms with Gasteiger partial charge in [0.15, 0.2) is 16.6 Å². The molecule has 4 aromatic rings. The molecule has 39 heavy (non-hydrogen) atoms. The van der Waals surface area contributed by atoms with E-state index in [-0.39, 0.29) is 11.3 Å². The van der Waals surface area contributed by atoms with Gasteiger partial charge >= 0.3 is 5.91 Å². The number of anilines is 1. The van der Waals surface area contributed by atoms with Gasteiger partial charge in [-0.2, -0.15) is 0 Å². The molecule has 0 radical (unpaired) electrons. The van der Waals surface area contributed by atoms with Gasteiger partial charge < -0.3 is 19.3 Å². The molecule has 1 atom stereocenters. The number of nitrogens with zero attached hydrogens (tertiary/aromatic N) is 2. The first-order valence-electron chi connectivity index (χ1n) is 12.6. The number of ketones is 1. The molecule has 0 aliphatic carbocycles. The number of amides is 1. The maximum atomic E-state index is 13.6. The molecule has 1 fully saturated rings. The second kappa shape index (κ2) is 10.8. The number of carbonyl (C=O) groups excluding carboxylic acids is 2. The average Bonchev–Trinajstić information content (AvgIpc) is 3.47. The second-order valence-electron chi connectivity index (χ2n) is 8.94. The van der Waals surface area contributed by atoms with E-state index in [2.05, 4.69) is 4.98 Å². The summed E-state index contributed by atoms with van der Waals surface area (Å²) in [4.78, 5) is 33.1. The van der Waals surface area contributed by atoms with Gasteiger partial charge in [-0.25, -0.2) is 4.98 Å². The van der Waals surface area contributed by atoms with E-state index in [4.69, 9.17) is 14.2 Å². The first-order valence-corrected chi connectivity index (χ1v) is 13.4. The second-order valence-corrected chi connectivity index (χ2v) is 9.95. The van der Waals surface area contributed by atoms with Crippen molar-refractivity contribution < 1.29 is 28.9 Å². The number of aliphatic hydroxyl groups excluding tert-OH is 1. The molecule has 5 rings (SSSR count). The van der Waals surface area contributed by atoms with Crippen molar-refractivity contribution >= 4 is 44.1 Å². The zero-order valence-corrected chi connectivity index (χ0v) is 22.9. The first-order chi connectivity index (χ1) is 18.9. The van der Waals surface area contributed by atoms with Gasteiger partial charge in [0.2, 0.25) is 0 Å². The number of carbonyl (C=O) groups is 2. The van der Waals surface area contributed by atoms with Crippen LogP contribution in [0, 0.1) is 6.92 Å². The number of Topliss-reactive ketones (excluding diaryl/α,β-unsaturated/α-hetero) is 1. The normalized spacial score (nSPS) is 16.6. The van der Waals surface area contributed by atoms with Crippen molar-refractivity contribution in [3.63, 3.8) is 0 Å². The zero-order chi connectivity index (χ0) is 27.7. The Kier molecular flexibility index (Phi) is 7.26. The minimum Gasteiger partial charge on any atom is -0.507 e. The van der Waals surface area contributed by atoms with Gasteiger partial charge in [0.05, 0.1) is 42.2 Å². The molecule has 9 heteroatoms. The molecule has 0 saturated carbocycles. The molecule has 8 nitrogen and oxygen atoms in total. The molecule has 1 N–H and O–H groups in total. The number of aromatic nitrogens is 1. The average molecular weight is 545 g/mol. The Morgan fingerprint density at radius 3 is 2.41 bits per heavy atom. The minimum absolute atomic E-state index is 0.0238.